The van der Waals surface area contributed by atoms with Crippen molar-refractivity contribution in [2.24, 2.45) is 5.92 Å². The molecule has 0 amide bonds. The maximum absolute atomic E-state index is 14.4. The standard InChI is InChI=1S/C12H13F4N/c1-11(13,10-6-17-7-10)8-3-2-4-9(5-8)12(14,15)16/h2-5,10,17H,6-7H2,1H3. The summed E-state index contributed by atoms with van der Waals surface area (Å²) < 4.78 is 52.0. The summed E-state index contributed by atoms with van der Waals surface area (Å²) in [4.78, 5) is 0. The van der Waals surface area contributed by atoms with E-state index >= 15 is 0 Å². The van der Waals surface area contributed by atoms with E-state index in [2.05, 4.69) is 5.32 Å². The van der Waals surface area contributed by atoms with Gasteiger partial charge in [0.25, 0.3) is 0 Å². The highest BCUT2D eigenvalue weighted by Gasteiger charge is 2.41. The topological polar surface area (TPSA) is 12.0 Å². The highest BCUT2D eigenvalue weighted by molar-refractivity contribution is 5.30. The number of hydrogen-bond acceptors (Lipinski definition) is 1. The average Bonchev–Trinajstić information content (AvgIpc) is 2.13. The van der Waals surface area contributed by atoms with Gasteiger partial charge in [-0.2, -0.15) is 13.2 Å². The molecule has 1 N–H and O–H groups in total. The Morgan fingerprint density at radius 1 is 1.12 bits per heavy atom. The Kier molecular flexibility index (Phi) is 2.89. The van der Waals surface area contributed by atoms with Crippen LogP contribution < -0.4 is 5.32 Å². The maximum atomic E-state index is 14.4. The second-order valence-electron chi connectivity index (χ2n) is 4.51. The van der Waals surface area contributed by atoms with E-state index in [9.17, 15) is 17.6 Å². The van der Waals surface area contributed by atoms with Crippen molar-refractivity contribution in [1.29, 1.82) is 0 Å². The molecule has 94 valence electrons. The number of hydrogen-bond donors (Lipinski definition) is 1. The third-order valence-electron chi connectivity index (χ3n) is 3.30. The minimum Gasteiger partial charge on any atom is -0.316 e. The van der Waals surface area contributed by atoms with Gasteiger partial charge in [-0.1, -0.05) is 12.1 Å². The second kappa shape index (κ2) is 3.98. The van der Waals surface area contributed by atoms with E-state index < -0.39 is 17.4 Å². The molecule has 1 fully saturated rings. The van der Waals surface area contributed by atoms with Crippen LogP contribution in [0.2, 0.25) is 0 Å². The molecule has 1 aliphatic rings. The molecule has 0 radical (unpaired) electrons. The van der Waals surface area contributed by atoms with Crippen LogP contribution in [0.15, 0.2) is 24.3 Å². The van der Waals surface area contributed by atoms with Gasteiger partial charge in [0.05, 0.1) is 5.56 Å². The lowest BCUT2D eigenvalue weighted by Crippen LogP contribution is -2.51. The zero-order valence-electron chi connectivity index (χ0n) is 9.31. The van der Waals surface area contributed by atoms with Gasteiger partial charge >= 0.3 is 6.18 Å². The fraction of sp³-hybridized carbons (Fsp3) is 0.500. The molecule has 0 bridgehead atoms. The number of rotatable bonds is 2. The maximum Gasteiger partial charge on any atom is 0.416 e. The molecular weight excluding hydrogens is 234 g/mol. The highest BCUT2D eigenvalue weighted by Crippen LogP contribution is 2.38. The van der Waals surface area contributed by atoms with Crippen molar-refractivity contribution in [3.63, 3.8) is 0 Å². The van der Waals surface area contributed by atoms with Crippen LogP contribution in [0.25, 0.3) is 0 Å². The van der Waals surface area contributed by atoms with Crippen molar-refractivity contribution >= 4 is 0 Å². The Morgan fingerprint density at radius 3 is 2.18 bits per heavy atom. The highest BCUT2D eigenvalue weighted by atomic mass is 19.4. The van der Waals surface area contributed by atoms with Crippen LogP contribution in [0.5, 0.6) is 0 Å². The molecule has 1 aromatic rings. The summed E-state index contributed by atoms with van der Waals surface area (Å²) in [6, 6.07) is 4.52. The Labute approximate surface area is 96.8 Å². The average molecular weight is 247 g/mol. The van der Waals surface area contributed by atoms with Crippen LogP contribution in [-0.2, 0) is 11.8 Å². The van der Waals surface area contributed by atoms with Gasteiger partial charge in [-0.05, 0) is 24.6 Å². The molecule has 1 saturated heterocycles. The van der Waals surface area contributed by atoms with E-state index in [1.807, 2.05) is 0 Å². The molecule has 1 aliphatic heterocycles. The molecule has 1 unspecified atom stereocenters. The molecule has 1 atom stereocenters. The molecule has 0 spiro atoms. The van der Waals surface area contributed by atoms with Crippen LogP contribution >= 0.6 is 0 Å². The van der Waals surface area contributed by atoms with Crippen LogP contribution in [0.4, 0.5) is 17.6 Å². The largest absolute Gasteiger partial charge is 0.416 e. The van der Waals surface area contributed by atoms with Crippen molar-refractivity contribution in [2.75, 3.05) is 13.1 Å². The van der Waals surface area contributed by atoms with Crippen LogP contribution in [0.3, 0.4) is 0 Å². The molecule has 17 heavy (non-hydrogen) atoms. The summed E-state index contributed by atoms with van der Waals surface area (Å²) in [5, 5.41) is 2.92. The van der Waals surface area contributed by atoms with Crippen molar-refractivity contribution < 1.29 is 17.6 Å². The van der Waals surface area contributed by atoms with E-state index in [-0.39, 0.29) is 11.5 Å². The number of alkyl halides is 4. The fourth-order valence-corrected chi connectivity index (χ4v) is 1.91. The molecule has 1 aromatic carbocycles. The van der Waals surface area contributed by atoms with Crippen LogP contribution in [0.1, 0.15) is 18.1 Å². The van der Waals surface area contributed by atoms with E-state index in [0.29, 0.717) is 13.1 Å². The summed E-state index contributed by atoms with van der Waals surface area (Å²) in [5.74, 6) is -0.258. The summed E-state index contributed by atoms with van der Waals surface area (Å²) >= 11 is 0. The summed E-state index contributed by atoms with van der Waals surface area (Å²) in [6.07, 6.45) is -4.43. The first-order valence-corrected chi connectivity index (χ1v) is 5.39. The van der Waals surface area contributed by atoms with Crippen molar-refractivity contribution in [3.8, 4) is 0 Å². The third kappa shape index (κ3) is 2.29. The summed E-state index contributed by atoms with van der Waals surface area (Å²) in [6.45, 7) is 2.35. The van der Waals surface area contributed by atoms with Crippen LogP contribution in [-0.4, -0.2) is 13.1 Å². The van der Waals surface area contributed by atoms with Crippen LogP contribution in [0, 0.1) is 5.92 Å². The first-order chi connectivity index (χ1) is 7.82. The van der Waals surface area contributed by atoms with Crippen molar-refractivity contribution in [3.05, 3.63) is 35.4 Å². The Hall–Kier alpha value is -1.10. The zero-order chi connectivity index (χ0) is 12.7. The fourth-order valence-electron chi connectivity index (χ4n) is 1.91. The number of halogens is 4. The van der Waals surface area contributed by atoms with Crippen molar-refractivity contribution in [2.45, 2.75) is 18.8 Å². The Morgan fingerprint density at radius 2 is 1.71 bits per heavy atom. The zero-order valence-corrected chi connectivity index (χ0v) is 9.31. The van der Waals surface area contributed by atoms with E-state index in [1.165, 1.54) is 19.1 Å². The number of benzene rings is 1. The molecular formula is C12H13F4N. The Balaban J connectivity index is 2.32. The van der Waals surface area contributed by atoms with E-state index in [0.717, 1.165) is 12.1 Å². The first kappa shape index (κ1) is 12.4. The number of nitrogens with one attached hydrogen (secondary N) is 1. The normalized spacial score (nSPS) is 20.8. The van der Waals surface area contributed by atoms with Gasteiger partial charge in [0, 0.05) is 19.0 Å². The van der Waals surface area contributed by atoms with Gasteiger partial charge < -0.3 is 5.32 Å². The molecule has 5 heteroatoms. The summed E-state index contributed by atoms with van der Waals surface area (Å²) in [5.41, 5.74) is -2.42. The minimum absolute atomic E-state index is 0.0961. The summed E-state index contributed by atoms with van der Waals surface area (Å²) in [7, 11) is 0. The van der Waals surface area contributed by atoms with Gasteiger partial charge in [0.2, 0.25) is 0 Å². The lowest BCUT2D eigenvalue weighted by atomic mass is 9.80. The molecule has 1 heterocycles. The molecule has 1 nitrogen and oxygen atoms in total. The second-order valence-corrected chi connectivity index (χ2v) is 4.51. The van der Waals surface area contributed by atoms with Gasteiger partial charge in [-0.3, -0.25) is 0 Å². The quantitative estimate of drug-likeness (QED) is 0.792. The lowest BCUT2D eigenvalue weighted by molar-refractivity contribution is -0.137. The van der Waals surface area contributed by atoms with E-state index in [1.54, 1.807) is 0 Å². The molecule has 0 aliphatic carbocycles. The molecule has 0 saturated carbocycles. The predicted molar refractivity (Wildman–Crippen MR) is 56.3 cm³/mol. The smallest absolute Gasteiger partial charge is 0.316 e. The SMILES string of the molecule is CC(F)(c1cccc(C(F)(F)F)c1)C1CNC1. The van der Waals surface area contributed by atoms with Crippen molar-refractivity contribution in [1.82, 2.24) is 5.32 Å². The Bertz CT molecular complexity index is 407. The first-order valence-electron chi connectivity index (χ1n) is 5.39. The van der Waals surface area contributed by atoms with Gasteiger partial charge in [-0.25, -0.2) is 4.39 Å². The third-order valence-corrected chi connectivity index (χ3v) is 3.30. The monoisotopic (exact) mass is 247 g/mol. The molecule has 0 aromatic heterocycles. The predicted octanol–water partition coefficient (Wildman–Crippen LogP) is 3.11. The van der Waals surface area contributed by atoms with Gasteiger partial charge in [-0.15, -0.1) is 0 Å². The molecule has 2 rings (SSSR count). The van der Waals surface area contributed by atoms with Gasteiger partial charge in [0.15, 0.2) is 0 Å². The lowest BCUT2D eigenvalue weighted by Gasteiger charge is -2.38. The van der Waals surface area contributed by atoms with E-state index in [4.69, 9.17) is 0 Å². The van der Waals surface area contributed by atoms with Gasteiger partial charge in [0.1, 0.15) is 5.67 Å². The minimum atomic E-state index is -4.43.